The minimum atomic E-state index is -1.21. The summed E-state index contributed by atoms with van der Waals surface area (Å²) in [6.45, 7) is 0. The fraction of sp³-hybridized carbons (Fsp3) is 0.667. The Hall–Kier alpha value is -1.46. The Balaban J connectivity index is 2.50. The Morgan fingerprint density at radius 1 is 1.08 bits per heavy atom. The van der Waals surface area contributed by atoms with E-state index in [0.29, 0.717) is 12.8 Å². The number of nitrogens with one attached hydrogen (secondary N) is 2. The van der Waals surface area contributed by atoms with E-state index in [9.17, 15) is 9.59 Å². The summed E-state index contributed by atoms with van der Waals surface area (Å²) < 4.78 is 0. The predicted molar refractivity (Wildman–Crippen MR) is 38.9 cm³/mol. The van der Waals surface area contributed by atoms with Crippen molar-refractivity contribution in [1.82, 2.24) is 10.6 Å². The summed E-state index contributed by atoms with van der Waals surface area (Å²) in [6, 6.07) is 0. The van der Waals surface area contributed by atoms with Crippen LogP contribution in [-0.2, 0) is 0 Å². The van der Waals surface area contributed by atoms with Crippen molar-refractivity contribution in [1.29, 1.82) is 0 Å². The molecule has 0 aromatic heterocycles. The quantitative estimate of drug-likeness (QED) is 0.455. The van der Waals surface area contributed by atoms with Gasteiger partial charge in [-0.05, 0) is 19.3 Å². The molecule has 0 saturated heterocycles. The highest BCUT2D eigenvalue weighted by Crippen LogP contribution is 2.28. The molecular formula is C6H10N2O4. The second-order valence-electron chi connectivity index (χ2n) is 2.80. The van der Waals surface area contributed by atoms with E-state index >= 15 is 0 Å². The molecule has 1 fully saturated rings. The monoisotopic (exact) mass is 174 g/mol. The van der Waals surface area contributed by atoms with E-state index in [2.05, 4.69) is 10.6 Å². The number of rotatable bonds is 2. The van der Waals surface area contributed by atoms with Crippen LogP contribution in [0.1, 0.15) is 19.3 Å². The lowest BCUT2D eigenvalue weighted by Gasteiger charge is -2.40. The lowest BCUT2D eigenvalue weighted by Crippen LogP contribution is -2.64. The molecule has 0 aromatic rings. The van der Waals surface area contributed by atoms with Gasteiger partial charge in [-0.1, -0.05) is 0 Å². The number of amides is 2. The molecular weight excluding hydrogens is 164 g/mol. The van der Waals surface area contributed by atoms with E-state index in [1.54, 1.807) is 0 Å². The fourth-order valence-electron chi connectivity index (χ4n) is 1.22. The average Bonchev–Trinajstić information content (AvgIpc) is 1.80. The standard InChI is InChI=1S/C6H10N2O4/c9-4(10)7-6(2-1-3-6)8-5(11)12/h7-8H,1-3H2,(H,9,10)(H,11,12). The first kappa shape index (κ1) is 8.63. The number of carbonyl (C=O) groups is 2. The zero-order valence-corrected chi connectivity index (χ0v) is 6.33. The molecule has 0 unspecified atom stereocenters. The third kappa shape index (κ3) is 1.77. The first-order valence-corrected chi connectivity index (χ1v) is 3.56. The summed E-state index contributed by atoms with van der Waals surface area (Å²) >= 11 is 0. The van der Waals surface area contributed by atoms with Crippen LogP contribution in [0.2, 0.25) is 0 Å². The summed E-state index contributed by atoms with van der Waals surface area (Å²) in [5, 5.41) is 21.1. The van der Waals surface area contributed by atoms with Crippen molar-refractivity contribution in [2.75, 3.05) is 0 Å². The normalized spacial score (nSPS) is 19.0. The average molecular weight is 174 g/mol. The maximum Gasteiger partial charge on any atom is 0.406 e. The highest BCUT2D eigenvalue weighted by molar-refractivity contribution is 5.70. The van der Waals surface area contributed by atoms with Gasteiger partial charge in [0.1, 0.15) is 5.66 Å². The maximum atomic E-state index is 10.2. The van der Waals surface area contributed by atoms with Crippen molar-refractivity contribution in [2.45, 2.75) is 24.9 Å². The summed E-state index contributed by atoms with van der Waals surface area (Å²) in [5.74, 6) is 0. The molecule has 6 nitrogen and oxygen atoms in total. The van der Waals surface area contributed by atoms with Crippen molar-refractivity contribution < 1.29 is 19.8 Å². The minimum Gasteiger partial charge on any atom is -0.465 e. The summed E-state index contributed by atoms with van der Waals surface area (Å²) in [7, 11) is 0. The summed E-state index contributed by atoms with van der Waals surface area (Å²) in [6.07, 6.45) is -0.537. The van der Waals surface area contributed by atoms with Crippen molar-refractivity contribution in [2.24, 2.45) is 0 Å². The van der Waals surface area contributed by atoms with Gasteiger partial charge in [-0.3, -0.25) is 10.6 Å². The number of hydrogen-bond acceptors (Lipinski definition) is 2. The SMILES string of the molecule is O=C(O)NC1(NC(=O)O)CCC1. The molecule has 1 aliphatic rings. The maximum absolute atomic E-state index is 10.2. The van der Waals surface area contributed by atoms with Gasteiger partial charge in [0.2, 0.25) is 0 Å². The van der Waals surface area contributed by atoms with Crippen LogP contribution in [0.3, 0.4) is 0 Å². The highest BCUT2D eigenvalue weighted by Gasteiger charge is 2.39. The number of carboxylic acid groups (broad SMARTS) is 2. The third-order valence-corrected chi connectivity index (χ3v) is 1.90. The second kappa shape index (κ2) is 2.88. The smallest absolute Gasteiger partial charge is 0.406 e. The zero-order valence-electron chi connectivity index (χ0n) is 6.33. The molecule has 6 heteroatoms. The van der Waals surface area contributed by atoms with Gasteiger partial charge >= 0.3 is 12.2 Å². The molecule has 12 heavy (non-hydrogen) atoms. The van der Waals surface area contributed by atoms with Gasteiger partial charge in [0.05, 0.1) is 0 Å². The van der Waals surface area contributed by atoms with E-state index in [0.717, 1.165) is 6.42 Å². The van der Waals surface area contributed by atoms with Crippen molar-refractivity contribution in [3.05, 3.63) is 0 Å². The van der Waals surface area contributed by atoms with Crippen molar-refractivity contribution >= 4 is 12.2 Å². The second-order valence-corrected chi connectivity index (χ2v) is 2.80. The molecule has 0 radical (unpaired) electrons. The Bertz CT molecular complexity index is 194. The molecule has 0 spiro atoms. The van der Waals surface area contributed by atoms with Gasteiger partial charge in [-0.15, -0.1) is 0 Å². The lowest BCUT2D eigenvalue weighted by molar-refractivity contribution is 0.110. The molecule has 0 heterocycles. The first-order chi connectivity index (χ1) is 5.54. The van der Waals surface area contributed by atoms with E-state index in [1.807, 2.05) is 0 Å². The molecule has 1 aliphatic carbocycles. The minimum absolute atomic E-state index is 0.519. The van der Waals surface area contributed by atoms with Crippen LogP contribution in [0.4, 0.5) is 9.59 Å². The molecule has 1 rings (SSSR count). The van der Waals surface area contributed by atoms with Crippen LogP contribution < -0.4 is 10.6 Å². The van der Waals surface area contributed by atoms with Crippen molar-refractivity contribution in [3.8, 4) is 0 Å². The van der Waals surface area contributed by atoms with E-state index in [1.165, 1.54) is 0 Å². The predicted octanol–water partition coefficient (Wildman–Crippen LogP) is 0.402. The summed E-state index contributed by atoms with van der Waals surface area (Å²) in [5.41, 5.74) is -0.933. The van der Waals surface area contributed by atoms with Crippen LogP contribution in [0.15, 0.2) is 0 Å². The Labute approximate surface area is 68.6 Å². The summed E-state index contributed by atoms with van der Waals surface area (Å²) in [4.78, 5) is 20.5. The molecule has 0 aromatic carbocycles. The van der Waals surface area contributed by atoms with E-state index < -0.39 is 17.8 Å². The molecule has 0 aliphatic heterocycles. The molecule has 0 atom stereocenters. The van der Waals surface area contributed by atoms with Crippen LogP contribution in [-0.4, -0.2) is 28.1 Å². The lowest BCUT2D eigenvalue weighted by atomic mass is 9.85. The molecule has 1 saturated carbocycles. The largest absolute Gasteiger partial charge is 0.465 e. The van der Waals surface area contributed by atoms with Crippen LogP contribution >= 0.6 is 0 Å². The Morgan fingerprint density at radius 2 is 1.50 bits per heavy atom. The zero-order chi connectivity index (χ0) is 9.19. The van der Waals surface area contributed by atoms with Gasteiger partial charge in [0.25, 0.3) is 0 Å². The third-order valence-electron chi connectivity index (χ3n) is 1.90. The number of hydrogen-bond donors (Lipinski definition) is 4. The Kier molecular flexibility index (Phi) is 2.07. The molecule has 68 valence electrons. The fourth-order valence-corrected chi connectivity index (χ4v) is 1.22. The van der Waals surface area contributed by atoms with Crippen LogP contribution in [0.25, 0.3) is 0 Å². The van der Waals surface area contributed by atoms with Gasteiger partial charge < -0.3 is 10.2 Å². The van der Waals surface area contributed by atoms with Crippen LogP contribution in [0.5, 0.6) is 0 Å². The van der Waals surface area contributed by atoms with Crippen molar-refractivity contribution in [3.63, 3.8) is 0 Å². The van der Waals surface area contributed by atoms with E-state index in [4.69, 9.17) is 10.2 Å². The Morgan fingerprint density at radius 3 is 1.67 bits per heavy atom. The molecule has 2 amide bonds. The highest BCUT2D eigenvalue weighted by atomic mass is 16.4. The van der Waals surface area contributed by atoms with Gasteiger partial charge in [0.15, 0.2) is 0 Å². The molecule has 4 N–H and O–H groups in total. The first-order valence-electron chi connectivity index (χ1n) is 3.56. The van der Waals surface area contributed by atoms with Crippen LogP contribution in [0, 0.1) is 0 Å². The van der Waals surface area contributed by atoms with Gasteiger partial charge in [0, 0.05) is 0 Å². The topological polar surface area (TPSA) is 98.7 Å². The van der Waals surface area contributed by atoms with Gasteiger partial charge in [-0.2, -0.15) is 0 Å². The van der Waals surface area contributed by atoms with Gasteiger partial charge in [-0.25, -0.2) is 9.59 Å². The van der Waals surface area contributed by atoms with E-state index in [-0.39, 0.29) is 0 Å². The molecule has 0 bridgehead atoms.